The van der Waals surface area contributed by atoms with E-state index in [9.17, 15) is 24.8 Å². The van der Waals surface area contributed by atoms with Crippen molar-refractivity contribution in [1.29, 1.82) is 0 Å². The van der Waals surface area contributed by atoms with Crippen molar-refractivity contribution in [2.24, 2.45) is 0 Å². The molecule has 0 saturated carbocycles. The van der Waals surface area contributed by atoms with Crippen molar-refractivity contribution >= 4 is 0 Å². The molecule has 4 N–H and O–H groups in total. The number of aromatic nitrogens is 2. The summed E-state index contributed by atoms with van der Waals surface area (Å²) in [7, 11) is 0. The highest BCUT2D eigenvalue weighted by Crippen LogP contribution is 2.31. The zero-order valence-electron chi connectivity index (χ0n) is 19.5. The fourth-order valence-electron chi connectivity index (χ4n) is 3.81. The molecule has 0 spiro atoms. The summed E-state index contributed by atoms with van der Waals surface area (Å²) in [6.45, 7) is 8.81. The van der Waals surface area contributed by atoms with E-state index < -0.39 is 43.1 Å². The number of rotatable bonds is 8. The van der Waals surface area contributed by atoms with Crippen LogP contribution in [0.3, 0.4) is 0 Å². The number of ether oxygens (including phenoxy) is 3. The van der Waals surface area contributed by atoms with Crippen LogP contribution in [0, 0.1) is 12.7 Å². The Balaban J connectivity index is 1.91. The van der Waals surface area contributed by atoms with Gasteiger partial charge in [0.25, 0.3) is 0 Å². The Labute approximate surface area is 192 Å². The van der Waals surface area contributed by atoms with Crippen LogP contribution in [0.1, 0.15) is 50.6 Å². The molecule has 0 aliphatic carbocycles. The Kier molecular flexibility index (Phi) is 7.96. The Morgan fingerprint density at radius 3 is 2.39 bits per heavy atom. The van der Waals surface area contributed by atoms with Gasteiger partial charge in [-0.3, -0.25) is 4.68 Å². The lowest BCUT2D eigenvalue weighted by Gasteiger charge is -2.39. The van der Waals surface area contributed by atoms with E-state index in [1.54, 1.807) is 16.8 Å². The molecule has 1 saturated heterocycles. The molecule has 9 nitrogen and oxygen atoms in total. The van der Waals surface area contributed by atoms with Crippen molar-refractivity contribution in [3.63, 3.8) is 0 Å². The van der Waals surface area contributed by atoms with Crippen LogP contribution < -0.4 is 9.47 Å². The third-order valence-corrected chi connectivity index (χ3v) is 5.54. The van der Waals surface area contributed by atoms with E-state index in [0.29, 0.717) is 11.1 Å². The fraction of sp³-hybridized carbons (Fsp3) is 0.609. The molecule has 1 aliphatic rings. The van der Waals surface area contributed by atoms with E-state index in [-0.39, 0.29) is 30.2 Å². The summed E-state index contributed by atoms with van der Waals surface area (Å²) in [6, 6.07) is 4.71. The van der Waals surface area contributed by atoms with Crippen molar-refractivity contribution in [2.75, 3.05) is 6.61 Å². The Morgan fingerprint density at radius 2 is 1.82 bits per heavy atom. The quantitative estimate of drug-likeness (QED) is 0.459. The topological polar surface area (TPSA) is 126 Å². The average molecular weight is 469 g/mol. The van der Waals surface area contributed by atoms with Crippen LogP contribution in [0.15, 0.2) is 18.2 Å². The van der Waals surface area contributed by atoms with Crippen molar-refractivity contribution in [3.05, 3.63) is 40.8 Å². The van der Waals surface area contributed by atoms with Gasteiger partial charge in [-0.2, -0.15) is 0 Å². The molecule has 1 aromatic carbocycles. The summed E-state index contributed by atoms with van der Waals surface area (Å²) < 4.78 is 33.0. The highest BCUT2D eigenvalue weighted by Gasteiger charge is 2.45. The summed E-state index contributed by atoms with van der Waals surface area (Å²) in [4.78, 5) is 0. The van der Waals surface area contributed by atoms with Gasteiger partial charge in [0.15, 0.2) is 11.6 Å². The molecule has 5 atom stereocenters. The van der Waals surface area contributed by atoms with Gasteiger partial charge in [-0.05, 0) is 52.3 Å². The molecule has 1 unspecified atom stereocenters. The number of aliphatic hydroxyl groups is 4. The number of aliphatic hydroxyl groups excluding tert-OH is 4. The molecule has 1 aromatic heterocycles. The highest BCUT2D eigenvalue weighted by atomic mass is 19.1. The zero-order valence-corrected chi connectivity index (χ0v) is 19.5. The van der Waals surface area contributed by atoms with Gasteiger partial charge in [0.2, 0.25) is 12.2 Å². The number of hydrogen-bond donors (Lipinski definition) is 4. The minimum absolute atomic E-state index is 0.00513. The number of nitrogens with zero attached hydrogens (tertiary/aromatic N) is 2. The first kappa shape index (κ1) is 25.4. The number of halogens is 1. The van der Waals surface area contributed by atoms with Gasteiger partial charge in [0.1, 0.15) is 24.4 Å². The molecule has 3 rings (SSSR count). The van der Waals surface area contributed by atoms with E-state index in [4.69, 9.17) is 14.2 Å². The lowest BCUT2D eigenvalue weighted by molar-refractivity contribution is -0.278. The molecule has 1 fully saturated rings. The number of hydrogen-bond acceptors (Lipinski definition) is 8. The maximum Gasteiger partial charge on any atom is 0.239 e. The minimum atomic E-state index is -1.57. The third-order valence-electron chi connectivity index (χ3n) is 5.54. The lowest BCUT2D eigenvalue weighted by atomic mass is 9.99. The van der Waals surface area contributed by atoms with Gasteiger partial charge >= 0.3 is 0 Å². The second-order valence-electron chi connectivity index (χ2n) is 8.83. The summed E-state index contributed by atoms with van der Waals surface area (Å²) in [5.41, 5.74) is 2.10. The van der Waals surface area contributed by atoms with Crippen LogP contribution in [0.2, 0.25) is 0 Å². The summed E-state index contributed by atoms with van der Waals surface area (Å²) in [5, 5.41) is 44.3. The summed E-state index contributed by atoms with van der Waals surface area (Å²) in [6.07, 6.45) is -6.97. The monoisotopic (exact) mass is 468 g/mol. The largest absolute Gasteiger partial charge is 0.488 e. The van der Waals surface area contributed by atoms with Crippen LogP contribution in [0.4, 0.5) is 4.39 Å². The minimum Gasteiger partial charge on any atom is -0.488 e. The summed E-state index contributed by atoms with van der Waals surface area (Å²) in [5.74, 6) is -0.166. The zero-order chi connectivity index (χ0) is 24.4. The van der Waals surface area contributed by atoms with Crippen LogP contribution in [-0.2, 0) is 11.2 Å². The van der Waals surface area contributed by atoms with Crippen molar-refractivity contribution in [2.45, 2.75) is 83.9 Å². The molecule has 33 heavy (non-hydrogen) atoms. The van der Waals surface area contributed by atoms with E-state index in [0.717, 1.165) is 5.69 Å². The second kappa shape index (κ2) is 10.4. The van der Waals surface area contributed by atoms with Crippen LogP contribution in [0.5, 0.6) is 11.6 Å². The molecular weight excluding hydrogens is 435 g/mol. The maximum absolute atomic E-state index is 14.5. The molecule has 0 radical (unpaired) electrons. The molecule has 2 heterocycles. The second-order valence-corrected chi connectivity index (χ2v) is 8.83. The van der Waals surface area contributed by atoms with Gasteiger partial charge in [-0.15, -0.1) is 5.10 Å². The maximum atomic E-state index is 14.5. The predicted octanol–water partition coefficient (Wildman–Crippen LogP) is 1.47. The molecule has 10 heteroatoms. The Morgan fingerprint density at radius 1 is 1.12 bits per heavy atom. The third kappa shape index (κ3) is 5.47. The fourth-order valence-corrected chi connectivity index (χ4v) is 3.81. The van der Waals surface area contributed by atoms with Gasteiger partial charge in [0, 0.05) is 23.7 Å². The molecule has 0 bridgehead atoms. The first-order valence-electron chi connectivity index (χ1n) is 11.0. The summed E-state index contributed by atoms with van der Waals surface area (Å²) >= 11 is 0. The Bertz CT molecular complexity index is 947. The van der Waals surface area contributed by atoms with Crippen molar-refractivity contribution < 1.29 is 39.0 Å². The predicted molar refractivity (Wildman–Crippen MR) is 117 cm³/mol. The molecule has 1 aliphatic heterocycles. The normalized spacial score (nSPS) is 25.6. The van der Waals surface area contributed by atoms with E-state index in [1.165, 1.54) is 6.07 Å². The lowest BCUT2D eigenvalue weighted by Crippen LogP contribution is -2.60. The molecule has 2 aromatic rings. The van der Waals surface area contributed by atoms with Crippen LogP contribution in [0.25, 0.3) is 0 Å². The van der Waals surface area contributed by atoms with E-state index in [1.807, 2.05) is 34.6 Å². The standard InChI is InChI=1S/C23H33FN2O7/c1-11(2)26-13(5)15(8-14-6-7-17(16(24)9-14)31-12(3)4)22(25-26)33-23-21(30)20(29)19(28)18(10-27)32-23/h6-7,9,11-12,18-21,23,27-30H,8,10H2,1-5H3/t18-,19-,20-,21-,23?/m1/s1. The molecular formula is C23H33FN2O7. The Hall–Kier alpha value is -2.24. The molecule has 0 amide bonds. The van der Waals surface area contributed by atoms with Gasteiger partial charge in [0.05, 0.1) is 12.7 Å². The first-order chi connectivity index (χ1) is 15.5. The number of benzene rings is 1. The van der Waals surface area contributed by atoms with Crippen molar-refractivity contribution in [3.8, 4) is 11.6 Å². The molecule has 184 valence electrons. The van der Waals surface area contributed by atoms with Gasteiger partial charge in [-0.1, -0.05) is 6.07 Å². The first-order valence-corrected chi connectivity index (χ1v) is 11.0. The van der Waals surface area contributed by atoms with Crippen molar-refractivity contribution in [1.82, 2.24) is 9.78 Å². The van der Waals surface area contributed by atoms with Gasteiger partial charge < -0.3 is 34.6 Å². The smallest absolute Gasteiger partial charge is 0.239 e. The highest BCUT2D eigenvalue weighted by molar-refractivity contribution is 5.39. The average Bonchev–Trinajstić information content (AvgIpc) is 3.05. The van der Waals surface area contributed by atoms with E-state index >= 15 is 0 Å². The van der Waals surface area contributed by atoms with Crippen LogP contribution in [-0.4, -0.2) is 73.6 Å². The SMILES string of the molecule is Cc1c(Cc2ccc(OC(C)C)c(F)c2)c(OC2O[C@H](CO)[C@@H](O)[C@@H](O)[C@H]2O)nn1C(C)C. The van der Waals surface area contributed by atoms with E-state index in [2.05, 4.69) is 5.10 Å². The van der Waals surface area contributed by atoms with Gasteiger partial charge in [-0.25, -0.2) is 4.39 Å². The van der Waals surface area contributed by atoms with Crippen LogP contribution >= 0.6 is 0 Å².